The van der Waals surface area contributed by atoms with E-state index in [1.165, 1.54) is 18.1 Å². The molecule has 5 rings (SSSR count). The van der Waals surface area contributed by atoms with E-state index in [0.717, 1.165) is 5.56 Å². The van der Waals surface area contributed by atoms with Gasteiger partial charge in [-0.25, -0.2) is 14.6 Å². The summed E-state index contributed by atoms with van der Waals surface area (Å²) >= 11 is 0. The van der Waals surface area contributed by atoms with Crippen molar-refractivity contribution in [3.63, 3.8) is 0 Å². The number of pyridine rings is 1. The lowest BCUT2D eigenvalue weighted by atomic mass is 9.95. The molecule has 35 heavy (non-hydrogen) atoms. The first-order chi connectivity index (χ1) is 16.8. The summed E-state index contributed by atoms with van der Waals surface area (Å²) in [5.74, 6) is -0.0110. The zero-order valence-corrected chi connectivity index (χ0v) is 18.9. The summed E-state index contributed by atoms with van der Waals surface area (Å²) in [6, 6.07) is 8.75. The van der Waals surface area contributed by atoms with Crippen LogP contribution in [0.3, 0.4) is 0 Å². The first-order valence-corrected chi connectivity index (χ1v) is 10.9. The second-order valence-corrected chi connectivity index (χ2v) is 8.17. The summed E-state index contributed by atoms with van der Waals surface area (Å²) in [6.07, 6.45) is 0. The number of nitrogens with zero attached hydrogens (tertiary/aromatic N) is 2. The van der Waals surface area contributed by atoms with Gasteiger partial charge in [-0.15, -0.1) is 0 Å². The third kappa shape index (κ3) is 3.78. The summed E-state index contributed by atoms with van der Waals surface area (Å²) < 4.78 is 11.1. The molecule has 4 N–H and O–H groups in total. The van der Waals surface area contributed by atoms with Crippen molar-refractivity contribution in [1.29, 1.82) is 0 Å². The number of carbonyl (C=O) groups is 4. The predicted molar refractivity (Wildman–Crippen MR) is 123 cm³/mol. The number of furan rings is 1. The summed E-state index contributed by atoms with van der Waals surface area (Å²) in [5, 5.41) is 10.1. The molecule has 3 aromatic rings. The van der Waals surface area contributed by atoms with Crippen molar-refractivity contribution in [3.8, 4) is 5.75 Å². The van der Waals surface area contributed by atoms with Gasteiger partial charge in [0.05, 0.1) is 13.7 Å². The van der Waals surface area contributed by atoms with Crippen molar-refractivity contribution in [2.24, 2.45) is 0 Å². The number of carbonyl (C=O) groups excluding carboxylic acids is 4. The van der Waals surface area contributed by atoms with Crippen LogP contribution in [0.5, 0.6) is 5.75 Å². The van der Waals surface area contributed by atoms with Crippen molar-refractivity contribution in [3.05, 3.63) is 53.3 Å². The lowest BCUT2D eigenvalue weighted by Crippen LogP contribution is -2.52. The van der Waals surface area contributed by atoms with Crippen molar-refractivity contribution in [2.45, 2.75) is 19.0 Å². The van der Waals surface area contributed by atoms with Crippen LogP contribution in [0.4, 0.5) is 15.4 Å². The quantitative estimate of drug-likeness (QED) is 0.393. The molecule has 0 saturated carbocycles. The van der Waals surface area contributed by atoms with Crippen LogP contribution in [-0.4, -0.2) is 54.0 Å². The molecule has 1 atom stereocenters. The zero-order chi connectivity index (χ0) is 24.7. The van der Waals surface area contributed by atoms with Gasteiger partial charge >= 0.3 is 12.1 Å². The number of hydrogen-bond donors (Lipinski definition) is 4. The van der Waals surface area contributed by atoms with E-state index in [2.05, 4.69) is 26.3 Å². The van der Waals surface area contributed by atoms with Gasteiger partial charge in [-0.05, 0) is 36.8 Å². The maximum absolute atomic E-state index is 13.1. The molecule has 0 radical (unpaired) electrons. The van der Waals surface area contributed by atoms with E-state index in [1.807, 2.05) is 0 Å². The molecule has 2 aliphatic rings. The molecule has 180 valence electrons. The van der Waals surface area contributed by atoms with E-state index in [4.69, 9.17) is 9.15 Å². The molecule has 6 amide bonds. The fraction of sp³-hybridized carbons (Fsp3) is 0.261. The van der Waals surface area contributed by atoms with Crippen LogP contribution >= 0.6 is 0 Å². The first-order valence-electron chi connectivity index (χ1n) is 10.9. The topological polar surface area (TPSA) is 155 Å². The van der Waals surface area contributed by atoms with Crippen LogP contribution in [0.15, 0.2) is 40.8 Å². The molecule has 1 saturated heterocycles. The number of amides is 6. The second-order valence-electron chi connectivity index (χ2n) is 8.17. The second kappa shape index (κ2) is 8.31. The third-order valence-electron chi connectivity index (χ3n) is 5.94. The molecule has 0 unspecified atom stereocenters. The highest BCUT2D eigenvalue weighted by molar-refractivity contribution is 6.08. The number of urea groups is 2. The molecule has 2 aromatic heterocycles. The van der Waals surface area contributed by atoms with Crippen LogP contribution in [0.2, 0.25) is 0 Å². The maximum atomic E-state index is 13.1. The van der Waals surface area contributed by atoms with Gasteiger partial charge < -0.3 is 24.7 Å². The van der Waals surface area contributed by atoms with Crippen LogP contribution < -0.4 is 26.0 Å². The molecule has 0 aliphatic carbocycles. The number of aromatic nitrogens is 1. The molecular formula is C23H22N6O6. The van der Waals surface area contributed by atoms with E-state index in [-0.39, 0.29) is 30.6 Å². The predicted octanol–water partition coefficient (Wildman–Crippen LogP) is 1.67. The minimum Gasteiger partial charge on any atom is -0.497 e. The van der Waals surface area contributed by atoms with E-state index < -0.39 is 23.5 Å². The Bertz CT molecular complexity index is 1380. The van der Waals surface area contributed by atoms with Crippen LogP contribution in [0, 0.1) is 0 Å². The number of ether oxygens (including phenoxy) is 1. The Labute approximate surface area is 199 Å². The van der Waals surface area contributed by atoms with Crippen LogP contribution in [-0.2, 0) is 16.9 Å². The smallest absolute Gasteiger partial charge is 0.322 e. The molecule has 12 heteroatoms. The summed E-state index contributed by atoms with van der Waals surface area (Å²) in [7, 11) is 1.51. The number of nitrogens with one attached hydrogen (secondary N) is 4. The molecule has 0 bridgehead atoms. The summed E-state index contributed by atoms with van der Waals surface area (Å²) in [4.78, 5) is 56.0. The van der Waals surface area contributed by atoms with Crippen molar-refractivity contribution < 1.29 is 28.3 Å². The molecule has 1 fully saturated rings. The van der Waals surface area contributed by atoms with E-state index >= 15 is 0 Å². The molecular weight excluding hydrogens is 456 g/mol. The lowest BCUT2D eigenvalue weighted by Gasteiger charge is -2.28. The number of rotatable bonds is 6. The van der Waals surface area contributed by atoms with Gasteiger partial charge in [-0.3, -0.25) is 20.2 Å². The van der Waals surface area contributed by atoms with Crippen LogP contribution in [0.25, 0.3) is 11.1 Å². The number of imide groups is 1. The maximum Gasteiger partial charge on any atom is 0.322 e. The van der Waals surface area contributed by atoms with Gasteiger partial charge in [0.2, 0.25) is 0 Å². The number of anilines is 1. The summed E-state index contributed by atoms with van der Waals surface area (Å²) in [5.41, 5.74) is 0.297. The van der Waals surface area contributed by atoms with Gasteiger partial charge in [0.1, 0.15) is 22.8 Å². The Kier molecular flexibility index (Phi) is 5.27. The number of benzene rings is 1. The van der Waals surface area contributed by atoms with Crippen molar-refractivity contribution >= 4 is 40.8 Å². The van der Waals surface area contributed by atoms with Crippen molar-refractivity contribution in [2.75, 3.05) is 25.5 Å². The molecule has 12 nitrogen and oxygen atoms in total. The fourth-order valence-electron chi connectivity index (χ4n) is 4.26. The normalized spacial score (nSPS) is 18.9. The number of hydrogen-bond acceptors (Lipinski definition) is 7. The van der Waals surface area contributed by atoms with E-state index in [1.54, 1.807) is 37.3 Å². The minimum absolute atomic E-state index is 0.111. The van der Waals surface area contributed by atoms with Gasteiger partial charge in [0.25, 0.3) is 11.8 Å². The minimum atomic E-state index is -1.66. The highest BCUT2D eigenvalue weighted by Gasteiger charge is 2.53. The SMILES string of the molecule is CCNC(=O)Nc1ccc2oc([C@]3(CN4Cc5ccc(OC)cc5C4=O)NC(=O)NC3=O)cc2n1. The standard InChI is InChI=1S/C23H22N6O6/c1-3-24-21(32)26-18-7-6-16-15(25-18)9-17(35-16)23(20(31)27-22(33)28-23)11-29-10-12-4-5-13(34-2)8-14(12)19(29)30/h4-9H,3,10-11H2,1-2H3,(H2,24,25,26,32)(H2,27,28,31,33)/t23-/m0/s1. The Morgan fingerprint density at radius 3 is 2.77 bits per heavy atom. The number of methoxy groups -OCH3 is 1. The van der Waals surface area contributed by atoms with E-state index in [9.17, 15) is 19.2 Å². The van der Waals surface area contributed by atoms with Gasteiger partial charge in [0, 0.05) is 24.7 Å². The molecule has 1 aromatic carbocycles. The van der Waals surface area contributed by atoms with Gasteiger partial charge in [0.15, 0.2) is 11.1 Å². The third-order valence-corrected chi connectivity index (χ3v) is 5.94. The highest BCUT2D eigenvalue weighted by Crippen LogP contribution is 2.35. The van der Waals surface area contributed by atoms with Crippen LogP contribution in [0.1, 0.15) is 28.6 Å². The van der Waals surface area contributed by atoms with Crippen molar-refractivity contribution in [1.82, 2.24) is 25.8 Å². The Morgan fingerprint density at radius 1 is 1.23 bits per heavy atom. The zero-order valence-electron chi connectivity index (χ0n) is 18.9. The first kappa shape index (κ1) is 22.2. The average molecular weight is 478 g/mol. The van der Waals surface area contributed by atoms with Gasteiger partial charge in [-0.1, -0.05) is 6.07 Å². The Hall–Kier alpha value is -4.61. The monoisotopic (exact) mass is 478 g/mol. The van der Waals surface area contributed by atoms with E-state index in [0.29, 0.717) is 29.0 Å². The number of fused-ring (bicyclic) bond motifs is 2. The molecule has 4 heterocycles. The lowest BCUT2D eigenvalue weighted by molar-refractivity contribution is -0.125. The fourth-order valence-corrected chi connectivity index (χ4v) is 4.26. The Balaban J connectivity index is 1.48. The largest absolute Gasteiger partial charge is 0.497 e. The summed E-state index contributed by atoms with van der Waals surface area (Å²) in [6.45, 7) is 2.33. The average Bonchev–Trinajstić information content (AvgIpc) is 3.47. The molecule has 0 spiro atoms. The van der Waals surface area contributed by atoms with Gasteiger partial charge in [-0.2, -0.15) is 0 Å². The molecule has 2 aliphatic heterocycles. The highest BCUT2D eigenvalue weighted by atomic mass is 16.5. The Morgan fingerprint density at radius 2 is 2.06 bits per heavy atom.